The molecule has 0 radical (unpaired) electrons. The van der Waals surface area contributed by atoms with Crippen molar-refractivity contribution in [2.75, 3.05) is 44.0 Å². The fourth-order valence-corrected chi connectivity index (χ4v) is 1.90. The minimum atomic E-state index is 0.770. The summed E-state index contributed by atoms with van der Waals surface area (Å²) in [6.07, 6.45) is 0. The van der Waals surface area contributed by atoms with Crippen LogP contribution in [0.15, 0.2) is 12.1 Å². The Morgan fingerprint density at radius 3 is 2.62 bits per heavy atom. The van der Waals surface area contributed by atoms with E-state index in [9.17, 15) is 0 Å². The summed E-state index contributed by atoms with van der Waals surface area (Å²) in [4.78, 5) is 2.27. The first-order valence-corrected chi connectivity index (χ1v) is 5.49. The maximum atomic E-state index is 5.87. The Bertz CT molecular complexity index is 374. The van der Waals surface area contributed by atoms with Gasteiger partial charge in [-0.3, -0.25) is 0 Å². The molecule has 0 atom stereocenters. The van der Waals surface area contributed by atoms with Gasteiger partial charge in [0, 0.05) is 24.8 Å². The number of morpholine rings is 1. The summed E-state index contributed by atoms with van der Waals surface area (Å²) in [6.45, 7) is 5.36. The number of hydrogen-bond acceptors (Lipinski definition) is 4. The molecule has 0 aromatic heterocycles. The Balaban J connectivity index is 2.33. The molecular formula is C12H18N2O2. The zero-order chi connectivity index (χ0) is 11.5. The molecule has 88 valence electrons. The maximum Gasteiger partial charge on any atom is 0.144 e. The number of nitrogen functional groups attached to an aromatic ring is 1. The lowest BCUT2D eigenvalue weighted by Crippen LogP contribution is -2.36. The van der Waals surface area contributed by atoms with Crippen LogP contribution in [0.2, 0.25) is 0 Å². The smallest absolute Gasteiger partial charge is 0.144 e. The molecule has 0 amide bonds. The predicted octanol–water partition coefficient (Wildman–Crippen LogP) is 1.42. The van der Waals surface area contributed by atoms with E-state index in [2.05, 4.69) is 11.0 Å². The quantitative estimate of drug-likeness (QED) is 0.769. The van der Waals surface area contributed by atoms with Crippen LogP contribution in [0.3, 0.4) is 0 Å². The van der Waals surface area contributed by atoms with Gasteiger partial charge in [-0.1, -0.05) is 0 Å². The molecule has 1 aliphatic rings. The van der Waals surface area contributed by atoms with E-state index in [0.717, 1.165) is 49.0 Å². The fraction of sp³-hybridized carbons (Fsp3) is 0.500. The Morgan fingerprint density at radius 2 is 2.00 bits per heavy atom. The molecule has 1 aliphatic heterocycles. The van der Waals surface area contributed by atoms with E-state index in [1.807, 2.05) is 13.0 Å². The Labute approximate surface area is 95.9 Å². The average Bonchev–Trinajstić information content (AvgIpc) is 2.33. The normalized spacial score (nSPS) is 16.2. The zero-order valence-corrected chi connectivity index (χ0v) is 9.82. The lowest BCUT2D eigenvalue weighted by atomic mass is 10.1. The number of hydrogen-bond donors (Lipinski definition) is 1. The lowest BCUT2D eigenvalue weighted by molar-refractivity contribution is 0.122. The van der Waals surface area contributed by atoms with Gasteiger partial charge in [0.2, 0.25) is 0 Å². The summed E-state index contributed by atoms with van der Waals surface area (Å²) in [5.74, 6) is 0.838. The van der Waals surface area contributed by atoms with Crippen molar-refractivity contribution in [1.29, 1.82) is 0 Å². The van der Waals surface area contributed by atoms with Crippen molar-refractivity contribution in [2.45, 2.75) is 6.92 Å². The molecule has 1 saturated heterocycles. The number of anilines is 2. The van der Waals surface area contributed by atoms with Crippen LogP contribution in [0, 0.1) is 6.92 Å². The average molecular weight is 222 g/mol. The lowest BCUT2D eigenvalue weighted by Gasteiger charge is -2.30. The van der Waals surface area contributed by atoms with Crippen molar-refractivity contribution in [3.63, 3.8) is 0 Å². The number of aryl methyl sites for hydroxylation is 1. The van der Waals surface area contributed by atoms with Crippen molar-refractivity contribution in [3.05, 3.63) is 17.7 Å². The number of ether oxygens (including phenoxy) is 2. The maximum absolute atomic E-state index is 5.87. The number of rotatable bonds is 2. The van der Waals surface area contributed by atoms with Gasteiger partial charge in [0.05, 0.1) is 26.0 Å². The Morgan fingerprint density at radius 1 is 1.31 bits per heavy atom. The van der Waals surface area contributed by atoms with Crippen molar-refractivity contribution >= 4 is 11.4 Å². The van der Waals surface area contributed by atoms with E-state index in [4.69, 9.17) is 15.2 Å². The molecule has 0 spiro atoms. The monoisotopic (exact) mass is 222 g/mol. The van der Waals surface area contributed by atoms with Crippen LogP contribution in [0.4, 0.5) is 11.4 Å². The molecule has 1 fully saturated rings. The third kappa shape index (κ3) is 2.07. The van der Waals surface area contributed by atoms with Gasteiger partial charge < -0.3 is 20.1 Å². The first-order valence-electron chi connectivity index (χ1n) is 5.49. The summed E-state index contributed by atoms with van der Waals surface area (Å²) in [6, 6.07) is 3.97. The molecule has 0 unspecified atom stereocenters. The van der Waals surface area contributed by atoms with E-state index >= 15 is 0 Å². The van der Waals surface area contributed by atoms with Gasteiger partial charge in [-0.25, -0.2) is 0 Å². The summed E-state index contributed by atoms with van der Waals surface area (Å²) >= 11 is 0. The van der Waals surface area contributed by atoms with Gasteiger partial charge in [0.25, 0.3) is 0 Å². The predicted molar refractivity (Wildman–Crippen MR) is 65.2 cm³/mol. The second kappa shape index (κ2) is 4.61. The SMILES string of the molecule is COc1cc(N)c(C)cc1N1CCOCC1. The third-order valence-electron chi connectivity index (χ3n) is 2.92. The van der Waals surface area contributed by atoms with Crippen LogP contribution in [-0.2, 0) is 4.74 Å². The van der Waals surface area contributed by atoms with E-state index < -0.39 is 0 Å². The molecule has 1 aromatic rings. The van der Waals surface area contributed by atoms with Gasteiger partial charge in [-0.2, -0.15) is 0 Å². The van der Waals surface area contributed by atoms with Crippen LogP contribution >= 0.6 is 0 Å². The summed E-state index contributed by atoms with van der Waals surface area (Å²) in [7, 11) is 1.67. The van der Waals surface area contributed by atoms with Gasteiger partial charge >= 0.3 is 0 Å². The van der Waals surface area contributed by atoms with Gasteiger partial charge in [-0.15, -0.1) is 0 Å². The summed E-state index contributed by atoms with van der Waals surface area (Å²) < 4.78 is 10.7. The van der Waals surface area contributed by atoms with Crippen molar-refractivity contribution in [3.8, 4) is 5.75 Å². The molecule has 1 aromatic carbocycles. The van der Waals surface area contributed by atoms with Gasteiger partial charge in [0.1, 0.15) is 5.75 Å². The molecular weight excluding hydrogens is 204 g/mol. The second-order valence-corrected chi connectivity index (χ2v) is 3.98. The first kappa shape index (κ1) is 11.1. The van der Waals surface area contributed by atoms with Gasteiger partial charge in [-0.05, 0) is 18.6 Å². The minimum absolute atomic E-state index is 0.770. The Hall–Kier alpha value is -1.42. The summed E-state index contributed by atoms with van der Waals surface area (Å²) in [5, 5.41) is 0. The second-order valence-electron chi connectivity index (χ2n) is 3.98. The van der Waals surface area contributed by atoms with Crippen LogP contribution in [-0.4, -0.2) is 33.4 Å². The number of methoxy groups -OCH3 is 1. The fourth-order valence-electron chi connectivity index (χ4n) is 1.90. The van der Waals surface area contributed by atoms with Crippen molar-refractivity contribution in [1.82, 2.24) is 0 Å². The highest BCUT2D eigenvalue weighted by Gasteiger charge is 2.16. The third-order valence-corrected chi connectivity index (χ3v) is 2.92. The largest absolute Gasteiger partial charge is 0.495 e. The van der Waals surface area contributed by atoms with Crippen LogP contribution in [0.5, 0.6) is 5.75 Å². The molecule has 0 saturated carbocycles. The van der Waals surface area contributed by atoms with E-state index in [-0.39, 0.29) is 0 Å². The molecule has 4 nitrogen and oxygen atoms in total. The molecule has 4 heteroatoms. The number of nitrogens with two attached hydrogens (primary N) is 1. The van der Waals surface area contributed by atoms with Crippen molar-refractivity contribution in [2.24, 2.45) is 0 Å². The highest BCUT2D eigenvalue weighted by Crippen LogP contribution is 2.33. The number of nitrogens with zero attached hydrogens (tertiary/aromatic N) is 1. The molecule has 1 heterocycles. The van der Waals surface area contributed by atoms with Crippen LogP contribution < -0.4 is 15.4 Å². The highest BCUT2D eigenvalue weighted by molar-refractivity contribution is 5.67. The molecule has 2 N–H and O–H groups in total. The van der Waals surface area contributed by atoms with E-state index in [0.29, 0.717) is 0 Å². The first-order chi connectivity index (χ1) is 7.72. The van der Waals surface area contributed by atoms with Crippen LogP contribution in [0.25, 0.3) is 0 Å². The Kier molecular flexibility index (Phi) is 3.19. The van der Waals surface area contributed by atoms with E-state index in [1.54, 1.807) is 7.11 Å². The molecule has 16 heavy (non-hydrogen) atoms. The summed E-state index contributed by atoms with van der Waals surface area (Å²) in [5.41, 5.74) is 8.84. The highest BCUT2D eigenvalue weighted by atomic mass is 16.5. The minimum Gasteiger partial charge on any atom is -0.495 e. The molecule has 2 rings (SSSR count). The van der Waals surface area contributed by atoms with Gasteiger partial charge in [0.15, 0.2) is 0 Å². The van der Waals surface area contributed by atoms with Crippen molar-refractivity contribution < 1.29 is 9.47 Å². The van der Waals surface area contributed by atoms with E-state index in [1.165, 1.54) is 0 Å². The molecule has 0 bridgehead atoms. The zero-order valence-electron chi connectivity index (χ0n) is 9.82. The number of benzene rings is 1. The standard InChI is InChI=1S/C12H18N2O2/c1-9-7-11(12(15-2)8-10(9)13)14-3-5-16-6-4-14/h7-8H,3-6,13H2,1-2H3. The van der Waals surface area contributed by atoms with Crippen LogP contribution in [0.1, 0.15) is 5.56 Å². The molecule has 0 aliphatic carbocycles. The topological polar surface area (TPSA) is 47.7 Å².